The fraction of sp³-hybridized carbons (Fsp3) is 0.500. The molecule has 0 aromatic heterocycles. The number of para-hydroxylation sites is 1. The molecule has 2 N–H and O–H groups in total. The molecule has 2 atom stereocenters. The van der Waals surface area contributed by atoms with Crippen LogP contribution >= 0.6 is 0 Å². The molecule has 0 heterocycles. The fourth-order valence-electron chi connectivity index (χ4n) is 2.40. The zero-order chi connectivity index (χ0) is 13.9. The third kappa shape index (κ3) is 2.64. The van der Waals surface area contributed by atoms with Crippen molar-refractivity contribution in [2.75, 3.05) is 7.11 Å². The van der Waals surface area contributed by atoms with Crippen molar-refractivity contribution in [1.29, 1.82) is 0 Å². The summed E-state index contributed by atoms with van der Waals surface area (Å²) in [6.07, 6.45) is 0. The Bertz CT molecular complexity index is 424. The molecular formula is C14H20O4. The Morgan fingerprint density at radius 1 is 1.33 bits per heavy atom. The van der Waals surface area contributed by atoms with E-state index in [-0.39, 0.29) is 5.92 Å². The lowest BCUT2D eigenvalue weighted by atomic mass is 9.76. The van der Waals surface area contributed by atoms with Crippen molar-refractivity contribution in [3.05, 3.63) is 29.8 Å². The predicted molar refractivity (Wildman–Crippen MR) is 68.5 cm³/mol. The smallest absolute Gasteiger partial charge is 0.310 e. The van der Waals surface area contributed by atoms with E-state index >= 15 is 0 Å². The van der Waals surface area contributed by atoms with Gasteiger partial charge in [-0.05, 0) is 18.9 Å². The van der Waals surface area contributed by atoms with Crippen molar-refractivity contribution in [3.63, 3.8) is 0 Å². The first kappa shape index (κ1) is 14.5. The number of carboxylic acids is 1. The third-order valence-electron chi connectivity index (χ3n) is 3.19. The van der Waals surface area contributed by atoms with Crippen LogP contribution in [0.4, 0.5) is 0 Å². The highest BCUT2D eigenvalue weighted by Gasteiger charge is 2.42. The van der Waals surface area contributed by atoms with Crippen LogP contribution < -0.4 is 4.74 Å². The van der Waals surface area contributed by atoms with Gasteiger partial charge in [-0.15, -0.1) is 0 Å². The molecule has 0 aliphatic carbocycles. The highest BCUT2D eigenvalue weighted by Crippen LogP contribution is 2.38. The highest BCUT2D eigenvalue weighted by molar-refractivity contribution is 5.72. The molecule has 2 unspecified atom stereocenters. The lowest BCUT2D eigenvalue weighted by Crippen LogP contribution is -2.40. The summed E-state index contributed by atoms with van der Waals surface area (Å²) in [7, 11) is 1.50. The summed E-state index contributed by atoms with van der Waals surface area (Å²) in [5.74, 6) is -1.61. The number of rotatable bonds is 5. The van der Waals surface area contributed by atoms with Gasteiger partial charge in [-0.25, -0.2) is 0 Å². The quantitative estimate of drug-likeness (QED) is 0.843. The van der Waals surface area contributed by atoms with Crippen LogP contribution in [0.2, 0.25) is 0 Å². The fourth-order valence-corrected chi connectivity index (χ4v) is 2.40. The van der Waals surface area contributed by atoms with Crippen LogP contribution in [0.25, 0.3) is 0 Å². The van der Waals surface area contributed by atoms with Gasteiger partial charge in [0.05, 0.1) is 13.0 Å². The van der Waals surface area contributed by atoms with Gasteiger partial charge in [-0.1, -0.05) is 32.0 Å². The minimum atomic E-state index is -1.48. The number of benzene rings is 1. The minimum absolute atomic E-state index is 0.192. The molecule has 0 spiro atoms. The van der Waals surface area contributed by atoms with E-state index in [0.717, 1.165) is 0 Å². The molecule has 0 amide bonds. The summed E-state index contributed by atoms with van der Waals surface area (Å²) >= 11 is 0. The molecule has 1 rings (SSSR count). The lowest BCUT2D eigenvalue weighted by molar-refractivity contribution is -0.155. The number of hydrogen-bond acceptors (Lipinski definition) is 3. The minimum Gasteiger partial charge on any atom is -0.496 e. The van der Waals surface area contributed by atoms with Gasteiger partial charge >= 0.3 is 5.97 Å². The molecule has 4 nitrogen and oxygen atoms in total. The second kappa shape index (κ2) is 5.40. The first-order chi connectivity index (χ1) is 8.32. The van der Waals surface area contributed by atoms with Crippen molar-refractivity contribution in [1.82, 2.24) is 0 Å². The molecular weight excluding hydrogens is 232 g/mol. The largest absolute Gasteiger partial charge is 0.496 e. The highest BCUT2D eigenvalue weighted by atomic mass is 16.5. The van der Waals surface area contributed by atoms with E-state index in [0.29, 0.717) is 11.3 Å². The van der Waals surface area contributed by atoms with E-state index in [1.54, 1.807) is 38.1 Å². The standard InChI is InChI=1S/C14H20O4/c1-9(2)12(13(15)16)14(3,17)10-7-5-6-8-11(10)18-4/h5-9,12,17H,1-4H3,(H,15,16). The molecule has 0 aliphatic rings. The van der Waals surface area contributed by atoms with E-state index in [4.69, 9.17) is 4.74 Å². The second-order valence-electron chi connectivity index (χ2n) is 4.91. The molecule has 0 saturated heterocycles. The van der Waals surface area contributed by atoms with Crippen molar-refractivity contribution in [2.45, 2.75) is 26.4 Å². The van der Waals surface area contributed by atoms with Crippen molar-refractivity contribution in [2.24, 2.45) is 11.8 Å². The zero-order valence-corrected chi connectivity index (χ0v) is 11.2. The van der Waals surface area contributed by atoms with E-state index < -0.39 is 17.5 Å². The van der Waals surface area contributed by atoms with Gasteiger partial charge in [0.15, 0.2) is 0 Å². The number of aliphatic hydroxyl groups is 1. The average molecular weight is 252 g/mol. The Kier molecular flexibility index (Phi) is 4.35. The van der Waals surface area contributed by atoms with Crippen LogP contribution in [0, 0.1) is 11.8 Å². The van der Waals surface area contributed by atoms with Crippen LogP contribution in [-0.2, 0) is 10.4 Å². The number of aliphatic carboxylic acids is 1. The van der Waals surface area contributed by atoms with E-state index in [1.807, 2.05) is 0 Å². The Labute approximate surface area is 107 Å². The molecule has 0 radical (unpaired) electrons. The van der Waals surface area contributed by atoms with Crippen LogP contribution in [-0.4, -0.2) is 23.3 Å². The zero-order valence-electron chi connectivity index (χ0n) is 11.2. The van der Waals surface area contributed by atoms with E-state index in [9.17, 15) is 15.0 Å². The molecule has 100 valence electrons. The average Bonchev–Trinajstić information content (AvgIpc) is 2.27. The summed E-state index contributed by atoms with van der Waals surface area (Å²) in [6, 6.07) is 6.94. The van der Waals surface area contributed by atoms with Gasteiger partial charge < -0.3 is 14.9 Å². The van der Waals surface area contributed by atoms with Gasteiger partial charge in [0, 0.05) is 5.56 Å². The summed E-state index contributed by atoms with van der Waals surface area (Å²) in [5.41, 5.74) is -0.985. The van der Waals surface area contributed by atoms with Crippen LogP contribution in [0.3, 0.4) is 0 Å². The Balaban J connectivity index is 3.30. The molecule has 1 aromatic carbocycles. The summed E-state index contributed by atoms with van der Waals surface area (Å²) in [5, 5.41) is 19.9. The van der Waals surface area contributed by atoms with Crippen molar-refractivity contribution in [3.8, 4) is 5.75 Å². The topological polar surface area (TPSA) is 66.8 Å². The monoisotopic (exact) mass is 252 g/mol. The van der Waals surface area contributed by atoms with Gasteiger partial charge in [0.1, 0.15) is 11.4 Å². The Hall–Kier alpha value is -1.55. The molecule has 1 aromatic rings. The second-order valence-corrected chi connectivity index (χ2v) is 4.91. The van der Waals surface area contributed by atoms with Crippen molar-refractivity contribution >= 4 is 5.97 Å². The SMILES string of the molecule is COc1ccccc1C(C)(O)C(C(=O)O)C(C)C. The third-order valence-corrected chi connectivity index (χ3v) is 3.19. The van der Waals surface area contributed by atoms with Crippen LogP contribution in [0.1, 0.15) is 26.3 Å². The normalized spacial score (nSPS) is 16.1. The number of ether oxygens (including phenoxy) is 1. The van der Waals surface area contributed by atoms with Crippen LogP contribution in [0.5, 0.6) is 5.75 Å². The molecule has 4 heteroatoms. The Morgan fingerprint density at radius 2 is 1.89 bits per heavy atom. The van der Waals surface area contributed by atoms with Gasteiger partial charge in [-0.3, -0.25) is 4.79 Å². The maximum atomic E-state index is 11.4. The maximum Gasteiger partial charge on any atom is 0.310 e. The van der Waals surface area contributed by atoms with Gasteiger partial charge in [-0.2, -0.15) is 0 Å². The van der Waals surface area contributed by atoms with Gasteiger partial charge in [0.2, 0.25) is 0 Å². The number of hydrogen-bond donors (Lipinski definition) is 2. The maximum absolute atomic E-state index is 11.4. The predicted octanol–water partition coefficient (Wildman–Crippen LogP) is 2.26. The summed E-state index contributed by atoms with van der Waals surface area (Å²) < 4.78 is 5.19. The van der Waals surface area contributed by atoms with Crippen LogP contribution in [0.15, 0.2) is 24.3 Å². The summed E-state index contributed by atoms with van der Waals surface area (Å²) in [4.78, 5) is 11.4. The lowest BCUT2D eigenvalue weighted by Gasteiger charge is -2.33. The molecule has 0 bridgehead atoms. The molecule has 18 heavy (non-hydrogen) atoms. The first-order valence-electron chi connectivity index (χ1n) is 5.91. The number of carboxylic acid groups (broad SMARTS) is 1. The Morgan fingerprint density at radius 3 is 2.33 bits per heavy atom. The first-order valence-corrected chi connectivity index (χ1v) is 5.91. The number of carbonyl (C=O) groups is 1. The van der Waals surface area contributed by atoms with Gasteiger partial charge in [0.25, 0.3) is 0 Å². The molecule has 0 saturated carbocycles. The number of methoxy groups -OCH3 is 1. The molecule has 0 fully saturated rings. The molecule has 0 aliphatic heterocycles. The summed E-state index contributed by atoms with van der Waals surface area (Å²) in [6.45, 7) is 5.08. The van der Waals surface area contributed by atoms with Crippen molar-refractivity contribution < 1.29 is 19.7 Å². The van der Waals surface area contributed by atoms with E-state index in [2.05, 4.69) is 0 Å². The van der Waals surface area contributed by atoms with E-state index in [1.165, 1.54) is 14.0 Å².